The van der Waals surface area contributed by atoms with Gasteiger partial charge in [-0.1, -0.05) is 25.7 Å². The summed E-state index contributed by atoms with van der Waals surface area (Å²) in [6.45, 7) is 1.44. The van der Waals surface area contributed by atoms with Crippen LogP contribution in [-0.4, -0.2) is 75.8 Å². The molecule has 0 saturated heterocycles. The normalized spacial score (nSPS) is 12.4. The fourth-order valence-corrected chi connectivity index (χ4v) is 2.53. The van der Waals surface area contributed by atoms with Crippen molar-refractivity contribution in [3.63, 3.8) is 0 Å². The molecule has 0 aliphatic carbocycles. The molecule has 13 nitrogen and oxygen atoms in total. The standard InChI is InChI=1S/C17H37N5O8/c18-15(17(24)20-12-6-2-4-8-14-30-22(27)28)9-10-16(23)19-11-5-1-3-7-13-29-21(25)26/h15,25-28H,1-14,18H2,(H,19,23)(H,20,24). The molecule has 1 atom stereocenters. The number of unbranched alkanes of at least 4 members (excludes halogenated alkanes) is 6. The van der Waals surface area contributed by atoms with Gasteiger partial charge in [-0.25, -0.2) is 0 Å². The smallest absolute Gasteiger partial charge is 0.236 e. The fraction of sp³-hybridized carbons (Fsp3) is 0.882. The molecule has 1 unspecified atom stereocenters. The highest BCUT2D eigenvalue weighted by Crippen LogP contribution is 2.02. The van der Waals surface area contributed by atoms with E-state index in [0.717, 1.165) is 38.5 Å². The number of carbonyl (C=O) groups excluding carboxylic acids is 2. The molecule has 0 bridgehead atoms. The summed E-state index contributed by atoms with van der Waals surface area (Å²) < 4.78 is 0. The Morgan fingerprint density at radius 1 is 0.767 bits per heavy atom. The quantitative estimate of drug-likeness (QED) is 0.103. The van der Waals surface area contributed by atoms with Crippen molar-refractivity contribution in [1.29, 1.82) is 0 Å². The molecule has 2 amide bonds. The zero-order valence-electron chi connectivity index (χ0n) is 17.4. The van der Waals surface area contributed by atoms with Crippen LogP contribution in [0.15, 0.2) is 0 Å². The largest absolute Gasteiger partial charge is 0.356 e. The van der Waals surface area contributed by atoms with Gasteiger partial charge in [-0.3, -0.25) is 40.1 Å². The number of carbonyl (C=O) groups is 2. The Bertz CT molecular complexity index is 442. The maximum atomic E-state index is 11.9. The first-order valence-corrected chi connectivity index (χ1v) is 10.2. The van der Waals surface area contributed by atoms with Crippen LogP contribution in [0.3, 0.4) is 0 Å². The Morgan fingerprint density at radius 2 is 1.23 bits per heavy atom. The highest BCUT2D eigenvalue weighted by atomic mass is 17.1. The molecule has 0 aliphatic rings. The van der Waals surface area contributed by atoms with E-state index in [1.165, 1.54) is 0 Å². The SMILES string of the molecule is NC(CCC(=O)NCCCCCCON(O)O)C(=O)NCCCCCCON(O)O. The predicted molar refractivity (Wildman–Crippen MR) is 103 cm³/mol. The molecule has 0 fully saturated rings. The van der Waals surface area contributed by atoms with Crippen molar-refractivity contribution in [2.75, 3.05) is 26.3 Å². The Labute approximate surface area is 176 Å². The third-order valence-electron chi connectivity index (χ3n) is 4.20. The van der Waals surface area contributed by atoms with Gasteiger partial charge >= 0.3 is 0 Å². The summed E-state index contributed by atoms with van der Waals surface area (Å²) in [6.07, 6.45) is 6.75. The minimum Gasteiger partial charge on any atom is -0.356 e. The summed E-state index contributed by atoms with van der Waals surface area (Å²) in [5.41, 5.74) is 5.81. The van der Waals surface area contributed by atoms with E-state index in [1.807, 2.05) is 0 Å². The molecular formula is C17H37N5O8. The Morgan fingerprint density at radius 3 is 1.73 bits per heavy atom. The van der Waals surface area contributed by atoms with Gasteiger partial charge in [-0.05, 0) is 32.1 Å². The van der Waals surface area contributed by atoms with E-state index in [4.69, 9.17) is 26.6 Å². The van der Waals surface area contributed by atoms with Gasteiger partial charge in [0.2, 0.25) is 11.8 Å². The molecular weight excluding hydrogens is 402 g/mol. The van der Waals surface area contributed by atoms with Crippen molar-refractivity contribution < 1.29 is 40.1 Å². The fourth-order valence-electron chi connectivity index (χ4n) is 2.53. The molecule has 0 radical (unpaired) electrons. The number of hydrogen-bond acceptors (Lipinski definition) is 11. The first-order chi connectivity index (χ1) is 14.3. The van der Waals surface area contributed by atoms with Crippen molar-refractivity contribution in [2.45, 2.75) is 70.3 Å². The molecule has 0 aromatic heterocycles. The molecule has 0 saturated carbocycles. The van der Waals surface area contributed by atoms with E-state index < -0.39 is 6.04 Å². The van der Waals surface area contributed by atoms with Crippen LogP contribution in [0, 0.1) is 0 Å². The van der Waals surface area contributed by atoms with Gasteiger partial charge in [-0.2, -0.15) is 0 Å². The van der Waals surface area contributed by atoms with Crippen LogP contribution in [0.25, 0.3) is 0 Å². The van der Waals surface area contributed by atoms with Gasteiger partial charge in [0.25, 0.3) is 0 Å². The van der Waals surface area contributed by atoms with Crippen molar-refractivity contribution in [1.82, 2.24) is 21.4 Å². The van der Waals surface area contributed by atoms with Crippen molar-refractivity contribution in [2.24, 2.45) is 5.73 Å². The molecule has 0 spiro atoms. The summed E-state index contributed by atoms with van der Waals surface area (Å²) in [5.74, 6) is -0.432. The monoisotopic (exact) mass is 439 g/mol. The molecule has 178 valence electrons. The number of nitrogens with one attached hydrogen (secondary N) is 2. The van der Waals surface area contributed by atoms with E-state index >= 15 is 0 Å². The second-order valence-corrected chi connectivity index (χ2v) is 6.79. The van der Waals surface area contributed by atoms with Crippen molar-refractivity contribution in [3.05, 3.63) is 0 Å². The highest BCUT2D eigenvalue weighted by molar-refractivity contribution is 5.82. The van der Waals surface area contributed by atoms with E-state index in [-0.39, 0.29) is 48.6 Å². The summed E-state index contributed by atoms with van der Waals surface area (Å²) in [7, 11) is 0. The highest BCUT2D eigenvalue weighted by Gasteiger charge is 2.14. The average Bonchev–Trinajstić information content (AvgIpc) is 2.69. The number of hydrogen-bond donors (Lipinski definition) is 7. The van der Waals surface area contributed by atoms with E-state index in [2.05, 4.69) is 20.3 Å². The Kier molecular flexibility index (Phi) is 18.6. The molecule has 13 heteroatoms. The molecule has 0 aromatic rings. The maximum absolute atomic E-state index is 11.9. The van der Waals surface area contributed by atoms with Crippen LogP contribution in [0.4, 0.5) is 0 Å². The Hall–Kier alpha value is -1.42. The summed E-state index contributed by atoms with van der Waals surface area (Å²) in [6, 6.07) is -0.734. The number of rotatable bonds is 20. The minimum atomic E-state index is -0.734. The molecule has 0 aromatic carbocycles. The lowest BCUT2D eigenvalue weighted by Crippen LogP contribution is -2.41. The average molecular weight is 440 g/mol. The van der Waals surface area contributed by atoms with E-state index in [1.54, 1.807) is 0 Å². The van der Waals surface area contributed by atoms with Crippen LogP contribution >= 0.6 is 0 Å². The predicted octanol–water partition coefficient (Wildman–Crippen LogP) is 0.471. The molecule has 0 rings (SSSR count). The molecule has 30 heavy (non-hydrogen) atoms. The third-order valence-corrected chi connectivity index (χ3v) is 4.20. The van der Waals surface area contributed by atoms with Gasteiger partial charge < -0.3 is 16.4 Å². The summed E-state index contributed by atoms with van der Waals surface area (Å²) in [5, 5.41) is 38.3. The van der Waals surface area contributed by atoms with Gasteiger partial charge in [0.1, 0.15) is 0 Å². The second-order valence-electron chi connectivity index (χ2n) is 6.79. The lowest BCUT2D eigenvalue weighted by Gasteiger charge is -2.12. The van der Waals surface area contributed by atoms with E-state index in [9.17, 15) is 9.59 Å². The number of amides is 2. The second kappa shape index (κ2) is 19.5. The van der Waals surface area contributed by atoms with Gasteiger partial charge in [0.15, 0.2) is 0 Å². The summed E-state index contributed by atoms with van der Waals surface area (Å²) >= 11 is 0. The van der Waals surface area contributed by atoms with Crippen LogP contribution in [-0.2, 0) is 19.3 Å². The van der Waals surface area contributed by atoms with E-state index in [0.29, 0.717) is 25.9 Å². The van der Waals surface area contributed by atoms with Crippen LogP contribution in [0.5, 0.6) is 0 Å². The molecule has 0 heterocycles. The molecule has 8 N–H and O–H groups in total. The maximum Gasteiger partial charge on any atom is 0.236 e. The van der Waals surface area contributed by atoms with Gasteiger partial charge in [0.05, 0.1) is 30.0 Å². The minimum absolute atomic E-state index is 0.149. The first kappa shape index (κ1) is 28.6. The van der Waals surface area contributed by atoms with Gasteiger partial charge in [-0.15, -0.1) is 0 Å². The number of nitrogens with zero attached hydrogens (tertiary/aromatic N) is 2. The summed E-state index contributed by atoms with van der Waals surface area (Å²) in [4.78, 5) is 32.5. The van der Waals surface area contributed by atoms with Crippen LogP contribution in [0.1, 0.15) is 64.2 Å². The molecule has 0 aliphatic heterocycles. The zero-order valence-corrected chi connectivity index (χ0v) is 17.4. The Balaban J connectivity index is 3.52. The topological polar surface area (TPSA) is 190 Å². The van der Waals surface area contributed by atoms with Crippen LogP contribution < -0.4 is 16.4 Å². The van der Waals surface area contributed by atoms with Crippen molar-refractivity contribution in [3.8, 4) is 0 Å². The lowest BCUT2D eigenvalue weighted by molar-refractivity contribution is -0.492. The zero-order chi connectivity index (χ0) is 22.6. The van der Waals surface area contributed by atoms with Crippen LogP contribution in [0.2, 0.25) is 0 Å². The first-order valence-electron chi connectivity index (χ1n) is 10.2. The third kappa shape index (κ3) is 19.9. The van der Waals surface area contributed by atoms with Crippen molar-refractivity contribution >= 4 is 11.8 Å². The lowest BCUT2D eigenvalue weighted by atomic mass is 10.1. The number of nitrogens with two attached hydrogens (primary N) is 1. The van der Waals surface area contributed by atoms with Gasteiger partial charge in [0, 0.05) is 19.5 Å².